The number of imidazole rings is 1. The highest BCUT2D eigenvalue weighted by atomic mass is 28.4. The van der Waals surface area contributed by atoms with Gasteiger partial charge in [-0.1, -0.05) is 26.6 Å². The molecule has 0 saturated heterocycles. The predicted molar refractivity (Wildman–Crippen MR) is 70.8 cm³/mol. The Morgan fingerprint density at radius 3 is 2.13 bits per heavy atom. The van der Waals surface area contributed by atoms with Gasteiger partial charge in [-0.25, -0.2) is 4.98 Å². The zero-order chi connectivity index (χ0) is 11.7. The summed E-state index contributed by atoms with van der Waals surface area (Å²) >= 11 is 0. The van der Waals surface area contributed by atoms with Gasteiger partial charge in [0.25, 0.3) is 0 Å². The van der Waals surface area contributed by atoms with Gasteiger partial charge in [0.05, 0.1) is 6.33 Å². The van der Waals surface area contributed by atoms with Crippen LogP contribution in [0, 0.1) is 0 Å². The van der Waals surface area contributed by atoms with Gasteiger partial charge in [0, 0.05) is 12.4 Å². The van der Waals surface area contributed by atoms with Gasteiger partial charge >= 0.3 is 0 Å². The normalized spacial score (nSPS) is 13.5. The van der Waals surface area contributed by atoms with Gasteiger partial charge in [-0.3, -0.25) is 0 Å². The van der Waals surface area contributed by atoms with Crippen LogP contribution in [0.4, 0.5) is 0 Å². The van der Waals surface area contributed by atoms with Crippen LogP contribution < -0.4 is 0 Å². The van der Waals surface area contributed by atoms with Crippen molar-refractivity contribution in [1.82, 2.24) is 13.4 Å². The van der Waals surface area contributed by atoms with E-state index >= 15 is 0 Å². The monoisotopic (exact) mass is 241 g/mol. The van der Waals surface area contributed by atoms with E-state index in [1.807, 2.05) is 12.5 Å². The molecule has 0 aliphatic heterocycles. The van der Waals surface area contributed by atoms with E-state index in [1.54, 1.807) is 0 Å². The highest BCUT2D eigenvalue weighted by Crippen LogP contribution is 2.20. The van der Waals surface area contributed by atoms with Gasteiger partial charge < -0.3 is 8.46 Å². The molecule has 0 amide bonds. The minimum absolute atomic E-state index is 1.15. The van der Waals surface area contributed by atoms with E-state index in [0.29, 0.717) is 0 Å². The zero-order valence-electron chi connectivity index (χ0n) is 10.8. The molecule has 0 unspecified atom stereocenters. The third kappa shape index (κ3) is 2.59. The molecule has 0 N–H and O–H groups in total. The molecule has 15 heavy (non-hydrogen) atoms. The summed E-state index contributed by atoms with van der Waals surface area (Å²) in [6.07, 6.45) is 5.96. The van der Waals surface area contributed by atoms with Crippen molar-refractivity contribution in [3.05, 3.63) is 18.7 Å². The molecule has 0 spiro atoms. The predicted octanol–water partition coefficient (Wildman–Crippen LogP) is 2.59. The number of rotatable bonds is 4. The molecule has 0 atom stereocenters. The summed E-state index contributed by atoms with van der Waals surface area (Å²) in [4.78, 5) is 4.17. The highest BCUT2D eigenvalue weighted by molar-refractivity contribution is 6.89. The molecule has 0 radical (unpaired) electrons. The molecule has 1 aromatic heterocycles. The lowest BCUT2D eigenvalue weighted by Gasteiger charge is -2.44. The molecule has 0 aliphatic rings. The minimum atomic E-state index is -1.54. The van der Waals surface area contributed by atoms with Gasteiger partial charge in [0.2, 0.25) is 8.40 Å². The molecule has 86 valence electrons. The van der Waals surface area contributed by atoms with Gasteiger partial charge in [-0.2, -0.15) is 0 Å². The number of nitrogens with zero attached hydrogens (tertiary/aromatic N) is 3. The average molecular weight is 241 g/mol. The van der Waals surface area contributed by atoms with Gasteiger partial charge in [0.15, 0.2) is 0 Å². The molecular formula is C10H23N3Si2. The summed E-state index contributed by atoms with van der Waals surface area (Å²) in [6.45, 7) is 15.5. The molecule has 0 aromatic carbocycles. The third-order valence-electron chi connectivity index (χ3n) is 2.92. The maximum atomic E-state index is 4.17. The molecular weight excluding hydrogens is 218 g/mol. The quantitative estimate of drug-likeness (QED) is 0.756. The second-order valence-electron chi connectivity index (χ2n) is 5.38. The number of hydrogen-bond donors (Lipinski definition) is 0. The lowest BCUT2D eigenvalue weighted by atomic mass is 10.8. The summed E-state index contributed by atoms with van der Waals surface area (Å²) < 4.78 is 5.07. The largest absolute Gasteiger partial charge is 0.351 e. The van der Waals surface area contributed by atoms with Crippen LogP contribution in [0.1, 0.15) is 6.92 Å². The Morgan fingerprint density at radius 1 is 1.20 bits per heavy atom. The third-order valence-corrected chi connectivity index (χ3v) is 11.7. The van der Waals surface area contributed by atoms with Gasteiger partial charge in [-0.15, -0.1) is 0 Å². The lowest BCUT2D eigenvalue weighted by Crippen LogP contribution is -2.63. The van der Waals surface area contributed by atoms with Gasteiger partial charge in [0.1, 0.15) is 8.24 Å². The molecule has 0 saturated carbocycles. The Hall–Kier alpha value is -0.396. The van der Waals surface area contributed by atoms with E-state index in [4.69, 9.17) is 0 Å². The van der Waals surface area contributed by atoms with Crippen molar-refractivity contribution in [2.75, 3.05) is 6.54 Å². The van der Waals surface area contributed by atoms with E-state index in [-0.39, 0.29) is 0 Å². The molecule has 5 heteroatoms. The van der Waals surface area contributed by atoms with Crippen molar-refractivity contribution in [2.45, 2.75) is 39.7 Å². The van der Waals surface area contributed by atoms with Crippen molar-refractivity contribution in [3.8, 4) is 0 Å². The SMILES string of the molecule is CCN([Si](C)(C)C)[Si](C)(C)n1ccnc1. The van der Waals surface area contributed by atoms with Crippen LogP contribution in [0.3, 0.4) is 0 Å². The van der Waals surface area contributed by atoms with Crippen LogP contribution >= 0.6 is 0 Å². The fourth-order valence-corrected chi connectivity index (χ4v) is 12.1. The highest BCUT2D eigenvalue weighted by Gasteiger charge is 2.38. The van der Waals surface area contributed by atoms with E-state index in [9.17, 15) is 0 Å². The first-order valence-corrected chi connectivity index (χ1v) is 11.9. The Morgan fingerprint density at radius 2 is 1.80 bits per heavy atom. The molecule has 0 aliphatic carbocycles. The molecule has 0 fully saturated rings. The summed E-state index contributed by atoms with van der Waals surface area (Å²) in [5, 5.41) is 0. The van der Waals surface area contributed by atoms with Crippen molar-refractivity contribution >= 4 is 16.6 Å². The Balaban J connectivity index is 3.03. The molecule has 1 aromatic rings. The first-order chi connectivity index (χ1) is 6.80. The maximum absolute atomic E-state index is 4.17. The fraction of sp³-hybridized carbons (Fsp3) is 0.700. The second kappa shape index (κ2) is 4.23. The molecule has 3 nitrogen and oxygen atoms in total. The summed E-state index contributed by atoms with van der Waals surface area (Å²) in [6, 6.07) is 0. The van der Waals surface area contributed by atoms with E-state index < -0.39 is 16.6 Å². The first kappa shape index (κ1) is 12.7. The van der Waals surface area contributed by atoms with E-state index in [0.717, 1.165) is 6.54 Å². The molecule has 1 rings (SSSR count). The standard InChI is InChI=1S/C10H23N3Si2/c1-7-13(14(2,3)4)15(5,6)12-9-8-11-10-12/h8-10H,7H2,1-6H3. The van der Waals surface area contributed by atoms with Crippen molar-refractivity contribution in [2.24, 2.45) is 0 Å². The lowest BCUT2D eigenvalue weighted by molar-refractivity contribution is 0.628. The van der Waals surface area contributed by atoms with Crippen molar-refractivity contribution < 1.29 is 0 Å². The Kier molecular flexibility index (Phi) is 3.57. The van der Waals surface area contributed by atoms with Crippen LogP contribution in [0.25, 0.3) is 0 Å². The number of aromatic nitrogens is 2. The molecule has 0 bridgehead atoms. The fourth-order valence-electron chi connectivity index (χ4n) is 2.40. The van der Waals surface area contributed by atoms with Crippen LogP contribution in [0.15, 0.2) is 18.7 Å². The summed E-state index contributed by atoms with van der Waals surface area (Å²) in [5.74, 6) is 0. The first-order valence-electron chi connectivity index (χ1n) is 5.56. The summed E-state index contributed by atoms with van der Waals surface area (Å²) in [5.41, 5.74) is 0. The van der Waals surface area contributed by atoms with Crippen LogP contribution in [0.2, 0.25) is 32.7 Å². The second-order valence-corrected chi connectivity index (χ2v) is 14.8. The minimum Gasteiger partial charge on any atom is -0.351 e. The summed E-state index contributed by atoms with van der Waals surface area (Å²) in [7, 11) is -2.77. The van der Waals surface area contributed by atoms with Crippen LogP contribution in [0.5, 0.6) is 0 Å². The van der Waals surface area contributed by atoms with Crippen LogP contribution in [-0.2, 0) is 0 Å². The topological polar surface area (TPSA) is 21.1 Å². The smallest absolute Gasteiger partial charge is 0.227 e. The van der Waals surface area contributed by atoms with E-state index in [1.165, 1.54) is 0 Å². The number of hydrogen-bond acceptors (Lipinski definition) is 2. The Labute approximate surface area is 95.4 Å². The molecule has 1 heterocycles. The van der Waals surface area contributed by atoms with Crippen molar-refractivity contribution in [3.63, 3.8) is 0 Å². The van der Waals surface area contributed by atoms with Crippen LogP contribution in [-0.4, -0.2) is 36.6 Å². The van der Waals surface area contributed by atoms with Gasteiger partial charge in [-0.05, 0) is 19.6 Å². The van der Waals surface area contributed by atoms with E-state index in [2.05, 4.69) is 59.3 Å². The van der Waals surface area contributed by atoms with Crippen molar-refractivity contribution in [1.29, 1.82) is 0 Å². The zero-order valence-corrected chi connectivity index (χ0v) is 12.8. The Bertz CT molecular complexity index is 301. The average Bonchev–Trinajstić information content (AvgIpc) is 2.52. The maximum Gasteiger partial charge on any atom is 0.227 e.